The van der Waals surface area contributed by atoms with Crippen LogP contribution in [0.3, 0.4) is 0 Å². The summed E-state index contributed by atoms with van der Waals surface area (Å²) < 4.78 is 48.8. The van der Waals surface area contributed by atoms with Gasteiger partial charge in [0.15, 0.2) is 0 Å². The first-order chi connectivity index (χ1) is 25.0. The molecule has 3 aromatic rings. The van der Waals surface area contributed by atoms with E-state index in [0.717, 1.165) is 12.6 Å². The number of alkyl halides is 3. The van der Waals surface area contributed by atoms with Gasteiger partial charge in [-0.1, -0.05) is 27.7 Å². The standard InChI is InChI=1S/C37H50F3N9O4/c1-8-47-14-16-48(17-15-47)28-12-11-23(18-25(28)37(38,39)40)44-32-24-19-27(30(53-7)20-26(24)42-21-43-32)45-34(51)29-10-9-13-49(29)35(52)31(36(3,4)5)46-33(50)22(2)41-6/h11-12,18-22,29,31,41H,8-10,13-17H2,1-7H3,(H,45,51)(H,46,50)(H,42,43,44)/t22-,29-,31+/m0/s1. The zero-order valence-electron chi connectivity index (χ0n) is 31.4. The number of likely N-dealkylation sites (N-methyl/N-ethyl adjacent to an activating group) is 2. The fraction of sp³-hybridized carbons (Fsp3) is 0.541. The number of benzene rings is 2. The molecule has 4 N–H and O–H groups in total. The van der Waals surface area contributed by atoms with E-state index in [9.17, 15) is 27.6 Å². The Morgan fingerprint density at radius 2 is 1.74 bits per heavy atom. The number of amides is 3. The summed E-state index contributed by atoms with van der Waals surface area (Å²) in [5, 5.41) is 12.1. The second-order valence-electron chi connectivity index (χ2n) is 14.6. The molecule has 5 rings (SSSR count). The number of nitrogens with one attached hydrogen (secondary N) is 4. The topological polar surface area (TPSA) is 144 Å². The van der Waals surface area contributed by atoms with Crippen LogP contribution in [-0.2, 0) is 20.6 Å². The third-order valence-corrected chi connectivity index (χ3v) is 10.0. The van der Waals surface area contributed by atoms with E-state index in [1.54, 1.807) is 37.1 Å². The van der Waals surface area contributed by atoms with Gasteiger partial charge in [-0.3, -0.25) is 14.4 Å². The predicted octanol–water partition coefficient (Wildman–Crippen LogP) is 4.61. The molecule has 53 heavy (non-hydrogen) atoms. The maximum atomic E-state index is 14.4. The number of rotatable bonds is 11. The number of aromatic nitrogens is 2. The summed E-state index contributed by atoms with van der Waals surface area (Å²) in [4.78, 5) is 54.7. The summed E-state index contributed by atoms with van der Waals surface area (Å²) in [5.74, 6) is -0.622. The molecule has 0 aliphatic carbocycles. The molecule has 288 valence electrons. The zero-order valence-corrected chi connectivity index (χ0v) is 31.4. The van der Waals surface area contributed by atoms with Crippen molar-refractivity contribution in [3.05, 3.63) is 42.2 Å². The number of ether oxygens (including phenoxy) is 1. The van der Waals surface area contributed by atoms with E-state index in [-0.39, 0.29) is 34.7 Å². The van der Waals surface area contributed by atoms with Crippen molar-refractivity contribution in [2.45, 2.75) is 71.8 Å². The molecular weight excluding hydrogens is 691 g/mol. The van der Waals surface area contributed by atoms with Crippen molar-refractivity contribution in [2.75, 3.05) is 69.0 Å². The molecule has 2 fully saturated rings. The average Bonchev–Trinajstić information content (AvgIpc) is 3.63. The molecule has 3 heterocycles. The lowest BCUT2D eigenvalue weighted by atomic mass is 9.85. The highest BCUT2D eigenvalue weighted by Gasteiger charge is 2.42. The van der Waals surface area contributed by atoms with E-state index < -0.39 is 41.2 Å². The number of anilines is 4. The van der Waals surface area contributed by atoms with Crippen LogP contribution in [0.1, 0.15) is 53.0 Å². The smallest absolute Gasteiger partial charge is 0.418 e. The lowest BCUT2D eigenvalue weighted by Crippen LogP contribution is -2.59. The minimum absolute atomic E-state index is 0.129. The Labute approximate surface area is 308 Å². The summed E-state index contributed by atoms with van der Waals surface area (Å²) in [6.45, 7) is 12.8. The van der Waals surface area contributed by atoms with E-state index >= 15 is 0 Å². The van der Waals surface area contributed by atoms with Crippen molar-refractivity contribution < 1.29 is 32.3 Å². The third-order valence-electron chi connectivity index (χ3n) is 10.0. The highest BCUT2D eigenvalue weighted by Crippen LogP contribution is 2.40. The van der Waals surface area contributed by atoms with E-state index in [4.69, 9.17) is 4.74 Å². The van der Waals surface area contributed by atoms with Crippen LogP contribution < -0.4 is 30.9 Å². The third kappa shape index (κ3) is 8.92. The number of nitrogens with zero attached hydrogens (tertiary/aromatic N) is 5. The van der Waals surface area contributed by atoms with Crippen LogP contribution in [-0.4, -0.2) is 109 Å². The van der Waals surface area contributed by atoms with Gasteiger partial charge in [-0.15, -0.1) is 0 Å². The lowest BCUT2D eigenvalue weighted by molar-refractivity contribution is -0.143. The first kappa shape index (κ1) is 39.5. The largest absolute Gasteiger partial charge is 0.494 e. The van der Waals surface area contributed by atoms with Crippen molar-refractivity contribution in [3.63, 3.8) is 0 Å². The monoisotopic (exact) mass is 741 g/mol. The number of fused-ring (bicyclic) bond motifs is 1. The fourth-order valence-electron chi connectivity index (χ4n) is 6.74. The number of piperazine rings is 1. The highest BCUT2D eigenvalue weighted by molar-refractivity contribution is 6.03. The maximum absolute atomic E-state index is 14.4. The molecule has 0 unspecified atom stereocenters. The quantitative estimate of drug-likeness (QED) is 0.220. The van der Waals surface area contributed by atoms with Crippen LogP contribution in [0.4, 0.5) is 36.1 Å². The van der Waals surface area contributed by atoms with Crippen LogP contribution in [0.2, 0.25) is 0 Å². The summed E-state index contributed by atoms with van der Waals surface area (Å²) in [7, 11) is 3.09. The Morgan fingerprint density at radius 3 is 2.36 bits per heavy atom. The molecule has 16 heteroatoms. The Hall–Kier alpha value is -4.70. The Bertz CT molecular complexity index is 1810. The van der Waals surface area contributed by atoms with Crippen LogP contribution in [0.15, 0.2) is 36.7 Å². The maximum Gasteiger partial charge on any atom is 0.418 e. The highest BCUT2D eigenvalue weighted by atomic mass is 19.4. The Morgan fingerprint density at radius 1 is 1.02 bits per heavy atom. The molecule has 2 aliphatic heterocycles. The molecule has 2 saturated heterocycles. The lowest BCUT2D eigenvalue weighted by Gasteiger charge is -2.36. The zero-order chi connectivity index (χ0) is 38.7. The van der Waals surface area contributed by atoms with Gasteiger partial charge in [-0.05, 0) is 63.0 Å². The van der Waals surface area contributed by atoms with Gasteiger partial charge in [0, 0.05) is 55.6 Å². The second kappa shape index (κ2) is 16.1. The molecule has 0 bridgehead atoms. The SMILES string of the molecule is CCN1CCN(c2ccc(Nc3ncnc4cc(OC)c(NC(=O)[C@@H]5CCCN5C(=O)[C@@H](NC(=O)[C@H](C)NC)C(C)(C)C)cc34)cc2C(F)(F)F)CC1. The van der Waals surface area contributed by atoms with E-state index in [0.29, 0.717) is 62.2 Å². The van der Waals surface area contributed by atoms with Gasteiger partial charge in [0.1, 0.15) is 30.0 Å². The van der Waals surface area contributed by atoms with Crippen LogP contribution in [0.25, 0.3) is 10.9 Å². The van der Waals surface area contributed by atoms with Crippen LogP contribution in [0, 0.1) is 5.41 Å². The molecule has 0 spiro atoms. The van der Waals surface area contributed by atoms with Crippen LogP contribution >= 0.6 is 0 Å². The van der Waals surface area contributed by atoms with Gasteiger partial charge in [-0.25, -0.2) is 9.97 Å². The van der Waals surface area contributed by atoms with Crippen molar-refractivity contribution in [1.29, 1.82) is 0 Å². The van der Waals surface area contributed by atoms with Crippen molar-refractivity contribution >= 4 is 51.5 Å². The normalized spacial score (nSPS) is 18.1. The summed E-state index contributed by atoms with van der Waals surface area (Å²) in [6, 6.07) is 5.14. The van der Waals surface area contributed by atoms with Gasteiger partial charge in [0.25, 0.3) is 0 Å². The molecule has 0 saturated carbocycles. The predicted molar refractivity (Wildman–Crippen MR) is 198 cm³/mol. The average molecular weight is 742 g/mol. The van der Waals surface area contributed by atoms with Gasteiger partial charge in [-0.2, -0.15) is 13.2 Å². The van der Waals surface area contributed by atoms with E-state index in [1.807, 2.05) is 27.7 Å². The minimum Gasteiger partial charge on any atom is -0.494 e. The number of carbonyl (C=O) groups excluding carboxylic acids is 3. The number of halogens is 3. The van der Waals surface area contributed by atoms with Crippen LogP contribution in [0.5, 0.6) is 5.75 Å². The summed E-state index contributed by atoms with van der Waals surface area (Å²) >= 11 is 0. The van der Waals surface area contributed by atoms with Gasteiger partial charge in [0.2, 0.25) is 17.7 Å². The minimum atomic E-state index is -4.59. The number of hydrogen-bond donors (Lipinski definition) is 4. The summed E-state index contributed by atoms with van der Waals surface area (Å²) in [5.41, 5.74) is -0.385. The molecule has 2 aliphatic rings. The van der Waals surface area contributed by atoms with E-state index in [2.05, 4.69) is 36.1 Å². The Balaban J connectivity index is 1.40. The van der Waals surface area contributed by atoms with Gasteiger partial charge in [0.05, 0.1) is 29.9 Å². The second-order valence-corrected chi connectivity index (χ2v) is 14.6. The fourth-order valence-corrected chi connectivity index (χ4v) is 6.74. The molecule has 13 nitrogen and oxygen atoms in total. The number of methoxy groups -OCH3 is 1. The van der Waals surface area contributed by atoms with Gasteiger partial charge < -0.3 is 40.7 Å². The number of carbonyl (C=O) groups is 3. The van der Waals surface area contributed by atoms with E-state index in [1.165, 1.54) is 24.4 Å². The molecule has 2 aromatic carbocycles. The van der Waals surface area contributed by atoms with Crippen molar-refractivity contribution in [3.8, 4) is 5.75 Å². The number of hydrogen-bond acceptors (Lipinski definition) is 10. The van der Waals surface area contributed by atoms with Crippen molar-refractivity contribution in [1.82, 2.24) is 30.4 Å². The summed E-state index contributed by atoms with van der Waals surface area (Å²) in [6.07, 6.45) is -2.30. The number of likely N-dealkylation sites (tertiary alicyclic amines) is 1. The molecule has 3 amide bonds. The first-order valence-corrected chi connectivity index (χ1v) is 17.9. The Kier molecular flexibility index (Phi) is 12.0. The first-order valence-electron chi connectivity index (χ1n) is 17.9. The van der Waals surface area contributed by atoms with Gasteiger partial charge >= 0.3 is 6.18 Å². The molecule has 1 aromatic heterocycles. The molecule has 0 radical (unpaired) electrons. The molecule has 3 atom stereocenters. The van der Waals surface area contributed by atoms with Crippen molar-refractivity contribution in [2.24, 2.45) is 5.41 Å². The molecular formula is C37H50F3N9O4.